The molecule has 0 atom stereocenters. The van der Waals surface area contributed by atoms with Crippen molar-refractivity contribution in [2.24, 2.45) is 0 Å². The molecule has 0 aliphatic rings. The zero-order valence-electron chi connectivity index (χ0n) is 51.1. The lowest BCUT2D eigenvalue weighted by Gasteiger charge is -2.28. The van der Waals surface area contributed by atoms with Crippen molar-refractivity contribution in [2.75, 3.05) is 9.80 Å². The largest absolute Gasteiger partial charge is 0.310 e. The van der Waals surface area contributed by atoms with Crippen molar-refractivity contribution in [3.63, 3.8) is 0 Å². The molecule has 0 aliphatic carbocycles. The molecule has 4 heteroatoms. The molecule has 13 aromatic carbocycles. The van der Waals surface area contributed by atoms with Crippen molar-refractivity contribution in [1.29, 1.82) is 0 Å². The first-order valence-electron chi connectivity index (χ1n) is 30.7. The molecule has 13 rings (SSSR count). The number of benzene rings is 13. The highest BCUT2D eigenvalue weighted by atomic mass is 28.3. The third-order valence-corrected chi connectivity index (χ3v) is 21.0. The van der Waals surface area contributed by atoms with Gasteiger partial charge in [0.1, 0.15) is 0 Å². The van der Waals surface area contributed by atoms with E-state index in [1.165, 1.54) is 54.2 Å². The molecule has 2 nitrogen and oxygen atoms in total. The minimum atomic E-state index is -1.55. The zero-order valence-corrected chi connectivity index (χ0v) is 53.1. The van der Waals surface area contributed by atoms with E-state index in [4.69, 9.17) is 0 Å². The van der Waals surface area contributed by atoms with Crippen LogP contribution in [0.5, 0.6) is 0 Å². The predicted molar refractivity (Wildman–Crippen MR) is 389 cm³/mol. The smallest absolute Gasteiger partial charge is 0.0775 e. The Labute approximate surface area is 522 Å². The summed E-state index contributed by atoms with van der Waals surface area (Å²) in [6.07, 6.45) is 8.84. The summed E-state index contributed by atoms with van der Waals surface area (Å²) in [7, 11) is -3.11. The monoisotopic (exact) mass is 1160 g/mol. The highest BCUT2D eigenvalue weighted by Gasteiger charge is 2.24. The first-order valence-corrected chi connectivity index (χ1v) is 37.7. The van der Waals surface area contributed by atoms with E-state index < -0.39 is 16.1 Å². The van der Waals surface area contributed by atoms with Crippen molar-refractivity contribution in [3.8, 4) is 44.5 Å². The average Bonchev–Trinajstić information content (AvgIpc) is 0.791. The Morgan fingerprint density at radius 3 is 0.886 bits per heavy atom. The topological polar surface area (TPSA) is 6.48 Å². The van der Waals surface area contributed by atoms with Crippen molar-refractivity contribution >= 4 is 106 Å². The van der Waals surface area contributed by atoms with Crippen molar-refractivity contribution in [2.45, 2.75) is 39.3 Å². The molecule has 0 N–H and O–H groups in total. The van der Waals surface area contributed by atoms with E-state index in [9.17, 15) is 0 Å². The van der Waals surface area contributed by atoms with Gasteiger partial charge < -0.3 is 9.80 Å². The first kappa shape index (κ1) is 57.0. The Kier molecular flexibility index (Phi) is 16.0. The van der Waals surface area contributed by atoms with Crippen LogP contribution >= 0.6 is 0 Å². The number of para-hydroxylation sites is 2. The van der Waals surface area contributed by atoms with Crippen LogP contribution in [0.4, 0.5) is 34.1 Å². The van der Waals surface area contributed by atoms with E-state index >= 15 is 0 Å². The molecule has 0 aliphatic heterocycles. The van der Waals surface area contributed by atoms with Crippen LogP contribution in [0.15, 0.2) is 303 Å². The van der Waals surface area contributed by atoms with Gasteiger partial charge in [-0.3, -0.25) is 0 Å². The molecule has 88 heavy (non-hydrogen) atoms. The fourth-order valence-corrected chi connectivity index (χ4v) is 14.6. The van der Waals surface area contributed by atoms with Gasteiger partial charge in [-0.05, 0) is 185 Å². The second-order valence-corrected chi connectivity index (χ2v) is 35.2. The Morgan fingerprint density at radius 2 is 0.511 bits per heavy atom. The maximum absolute atomic E-state index is 2.46. The molecule has 0 amide bonds. The lowest BCUT2D eigenvalue weighted by atomic mass is 9.83. The van der Waals surface area contributed by atoms with Crippen LogP contribution in [0.3, 0.4) is 0 Å². The summed E-state index contributed by atoms with van der Waals surface area (Å²) in [5.74, 6) is 0. The third kappa shape index (κ3) is 12.3. The summed E-state index contributed by atoms with van der Waals surface area (Å²) in [6.45, 7) is 14.5. The molecule has 0 saturated heterocycles. The molecule has 0 aromatic heterocycles. The van der Waals surface area contributed by atoms with Gasteiger partial charge in [-0.1, -0.05) is 280 Å². The Hall–Kier alpha value is -10.1. The van der Waals surface area contributed by atoms with Gasteiger partial charge in [0.15, 0.2) is 0 Å². The summed E-state index contributed by atoms with van der Waals surface area (Å²) in [5.41, 5.74) is 20.6. The second kappa shape index (κ2) is 24.7. The highest BCUT2D eigenvalue weighted by Crippen LogP contribution is 2.49. The van der Waals surface area contributed by atoms with Gasteiger partial charge in [-0.25, -0.2) is 0 Å². The van der Waals surface area contributed by atoms with Crippen molar-refractivity contribution in [3.05, 3.63) is 326 Å². The van der Waals surface area contributed by atoms with Crippen LogP contribution in [0.2, 0.25) is 39.3 Å². The second-order valence-electron chi connectivity index (χ2n) is 25.0. The minimum Gasteiger partial charge on any atom is -0.310 e. The van der Waals surface area contributed by atoms with Gasteiger partial charge in [-0.2, -0.15) is 0 Å². The molecule has 13 aromatic rings. The normalized spacial score (nSPS) is 11.9. The van der Waals surface area contributed by atoms with E-state index in [0.29, 0.717) is 0 Å². The maximum Gasteiger partial charge on any atom is 0.0775 e. The summed E-state index contributed by atoms with van der Waals surface area (Å²) in [4.78, 5) is 4.83. The SMILES string of the molecule is C[Si](C)(C)c1ccc(N(c2ccccc2)c2cccc(-c3c4ccc(-c5cccc(/C=C/c6ccccc6)c5)cc4c(-c4cccc(N(c5ccccc5)c5ccc([Si](C)(C)C)cc5)c4)c4ccc(-c5cccc(/C=C/c6ccccc6)c5)cc34)c2)cc1. The molecule has 0 radical (unpaired) electrons. The molecule has 0 bridgehead atoms. The van der Waals surface area contributed by atoms with Crippen LogP contribution in [-0.4, -0.2) is 16.1 Å². The summed E-state index contributed by atoms with van der Waals surface area (Å²) in [6, 6.07) is 112. The zero-order chi connectivity index (χ0) is 60.2. The lowest BCUT2D eigenvalue weighted by Crippen LogP contribution is -2.37. The quantitative estimate of drug-likeness (QED) is 0.0540. The van der Waals surface area contributed by atoms with Gasteiger partial charge >= 0.3 is 0 Å². The van der Waals surface area contributed by atoms with E-state index in [0.717, 1.165) is 78.6 Å². The number of rotatable bonds is 16. The van der Waals surface area contributed by atoms with E-state index in [1.807, 2.05) is 0 Å². The summed E-state index contributed by atoms with van der Waals surface area (Å²) >= 11 is 0. The Balaban J connectivity index is 1.06. The number of hydrogen-bond donors (Lipinski definition) is 0. The third-order valence-electron chi connectivity index (χ3n) is 16.9. The molecule has 0 unspecified atom stereocenters. The molecule has 426 valence electrons. The maximum atomic E-state index is 2.46. The standard InChI is InChI=1S/C84H72N2Si2/c1-87(2,3)77-49-45-73(46-50-77)85(71-33-15-9-16-34-71)75-37-21-31-69(57-75)83-79-53-43-68(66-30-20-28-64(56-66)42-40-62-25-13-8-14-26-62)60-82(79)84(80-54-44-67(59-81(80)83)65-29-19-27-63(55-65)41-39-61-23-11-7-12-24-61)70-32-22-38-76(58-70)86(72-35-17-10-18-36-72)74-47-51-78(52-48-74)88(4,5)6/h7-60H,1-6H3/b41-39+,42-40+. The van der Waals surface area contributed by atoms with Crippen LogP contribution in [0, 0.1) is 0 Å². The number of fused-ring (bicyclic) bond motifs is 2. The molecule has 0 heterocycles. The van der Waals surface area contributed by atoms with Crippen LogP contribution in [0.1, 0.15) is 22.3 Å². The van der Waals surface area contributed by atoms with Crippen molar-refractivity contribution < 1.29 is 0 Å². The molecule has 0 fully saturated rings. The van der Waals surface area contributed by atoms with Crippen LogP contribution in [-0.2, 0) is 0 Å². The highest BCUT2D eigenvalue weighted by molar-refractivity contribution is 6.89. The first-order chi connectivity index (χ1) is 42.9. The Bertz CT molecular complexity index is 4350. The van der Waals surface area contributed by atoms with Gasteiger partial charge in [0.05, 0.1) is 16.1 Å². The average molecular weight is 1170 g/mol. The fourth-order valence-electron chi connectivity index (χ4n) is 12.2. The van der Waals surface area contributed by atoms with Crippen molar-refractivity contribution in [1.82, 2.24) is 0 Å². The molecule has 0 saturated carbocycles. The minimum absolute atomic E-state index is 1.09. The molecular formula is C84H72N2Si2. The van der Waals surface area contributed by atoms with Gasteiger partial charge in [0.2, 0.25) is 0 Å². The van der Waals surface area contributed by atoms with E-state index in [1.54, 1.807) is 0 Å². The Morgan fingerprint density at radius 1 is 0.216 bits per heavy atom. The number of nitrogens with zero attached hydrogens (tertiary/aromatic N) is 2. The van der Waals surface area contributed by atoms with Gasteiger partial charge in [-0.15, -0.1) is 0 Å². The molecular weight excluding hydrogens is 1090 g/mol. The predicted octanol–water partition coefficient (Wildman–Crippen LogP) is 23.0. The fraction of sp³-hybridized carbons (Fsp3) is 0.0714. The summed E-state index contributed by atoms with van der Waals surface area (Å²) < 4.78 is 0. The van der Waals surface area contributed by atoms with Gasteiger partial charge in [0, 0.05) is 34.1 Å². The number of hydrogen-bond acceptors (Lipinski definition) is 2. The summed E-state index contributed by atoms with van der Waals surface area (Å²) in [5, 5.41) is 7.60. The van der Waals surface area contributed by atoms with Crippen LogP contribution in [0.25, 0.3) is 90.4 Å². The molecule has 0 spiro atoms. The van der Waals surface area contributed by atoms with Crippen LogP contribution < -0.4 is 20.2 Å². The lowest BCUT2D eigenvalue weighted by molar-refractivity contribution is 1.28. The van der Waals surface area contributed by atoms with E-state index in [-0.39, 0.29) is 0 Å². The number of anilines is 6. The van der Waals surface area contributed by atoms with Gasteiger partial charge in [0.25, 0.3) is 0 Å². The van der Waals surface area contributed by atoms with E-state index in [2.05, 4.69) is 377 Å².